The van der Waals surface area contributed by atoms with E-state index in [1.165, 1.54) is 6.08 Å². The fourth-order valence-electron chi connectivity index (χ4n) is 0.870. The molecule has 0 spiro atoms. The van der Waals surface area contributed by atoms with E-state index in [-0.39, 0.29) is 49.4 Å². The maximum Gasteiger partial charge on any atom is 0.336 e. The van der Waals surface area contributed by atoms with E-state index in [0.717, 1.165) is 0 Å². The summed E-state index contributed by atoms with van der Waals surface area (Å²) >= 11 is 0. The molecule has 1 radical (unpaired) electrons. The Balaban J connectivity index is 0.00000121. The van der Waals surface area contributed by atoms with Crippen LogP contribution in [0.1, 0.15) is 15.9 Å². The molecule has 0 aliphatic rings. The average molecular weight is 300 g/mol. The Labute approximate surface area is 112 Å². The molecule has 2 nitrogen and oxygen atoms in total. The maximum atomic E-state index is 10.5. The summed E-state index contributed by atoms with van der Waals surface area (Å²) in [7, 11) is 0. The standard InChI is InChI=1S/C9H8O2.Eu/c1-2-7-5-3-4-6-8(7)9(10)11;/h2-6H,1H2,(H,10,11);. The van der Waals surface area contributed by atoms with Gasteiger partial charge in [0.1, 0.15) is 0 Å². The van der Waals surface area contributed by atoms with Gasteiger partial charge in [0, 0.05) is 49.4 Å². The molecule has 0 aromatic heterocycles. The van der Waals surface area contributed by atoms with Crippen LogP contribution in [0.15, 0.2) is 30.8 Å². The van der Waals surface area contributed by atoms with Crippen molar-refractivity contribution in [1.82, 2.24) is 0 Å². The first-order chi connectivity index (χ1) is 5.25. The van der Waals surface area contributed by atoms with E-state index >= 15 is 0 Å². The van der Waals surface area contributed by atoms with Crippen molar-refractivity contribution in [3.63, 3.8) is 0 Å². The number of carboxylic acid groups (broad SMARTS) is 1. The van der Waals surface area contributed by atoms with Crippen LogP contribution in [0.2, 0.25) is 0 Å². The van der Waals surface area contributed by atoms with E-state index in [0.29, 0.717) is 11.1 Å². The third-order valence-corrected chi connectivity index (χ3v) is 1.41. The van der Waals surface area contributed by atoms with Gasteiger partial charge in [-0.25, -0.2) is 4.79 Å². The predicted molar refractivity (Wildman–Crippen MR) is 43.5 cm³/mol. The van der Waals surface area contributed by atoms with Crippen LogP contribution in [0.3, 0.4) is 0 Å². The topological polar surface area (TPSA) is 37.3 Å². The van der Waals surface area contributed by atoms with E-state index in [2.05, 4.69) is 6.58 Å². The van der Waals surface area contributed by atoms with Crippen molar-refractivity contribution in [2.24, 2.45) is 0 Å². The predicted octanol–water partition coefficient (Wildman–Crippen LogP) is 2.03. The third-order valence-electron chi connectivity index (χ3n) is 1.41. The molecule has 0 fully saturated rings. The minimum absolute atomic E-state index is 0. The van der Waals surface area contributed by atoms with Crippen LogP contribution < -0.4 is 0 Å². The molecule has 12 heavy (non-hydrogen) atoms. The van der Waals surface area contributed by atoms with Crippen molar-refractivity contribution in [3.8, 4) is 0 Å². The smallest absolute Gasteiger partial charge is 0.336 e. The summed E-state index contributed by atoms with van der Waals surface area (Å²) in [6, 6.07) is 6.75. The first-order valence-corrected chi connectivity index (χ1v) is 3.20. The summed E-state index contributed by atoms with van der Waals surface area (Å²) in [6.07, 6.45) is 1.53. The van der Waals surface area contributed by atoms with Crippen molar-refractivity contribution in [3.05, 3.63) is 42.0 Å². The third kappa shape index (κ3) is 2.81. The second-order valence-electron chi connectivity index (χ2n) is 2.10. The van der Waals surface area contributed by atoms with Crippen molar-refractivity contribution in [2.75, 3.05) is 0 Å². The molecule has 0 aliphatic carbocycles. The molecular formula is C9H8EuO2. The molecule has 1 aromatic carbocycles. The van der Waals surface area contributed by atoms with Gasteiger partial charge < -0.3 is 5.11 Å². The van der Waals surface area contributed by atoms with Gasteiger partial charge in [-0.1, -0.05) is 30.9 Å². The van der Waals surface area contributed by atoms with Gasteiger partial charge >= 0.3 is 5.97 Å². The van der Waals surface area contributed by atoms with Crippen LogP contribution in [0.25, 0.3) is 6.08 Å². The Morgan fingerprint density at radius 3 is 2.42 bits per heavy atom. The van der Waals surface area contributed by atoms with E-state index in [4.69, 9.17) is 5.11 Å². The van der Waals surface area contributed by atoms with Crippen LogP contribution in [-0.4, -0.2) is 11.1 Å². The van der Waals surface area contributed by atoms with E-state index in [1.807, 2.05) is 0 Å². The number of hydrogen-bond donors (Lipinski definition) is 1. The molecule has 3 heteroatoms. The van der Waals surface area contributed by atoms with Crippen LogP contribution in [-0.2, 0) is 0 Å². The van der Waals surface area contributed by atoms with Crippen molar-refractivity contribution in [1.29, 1.82) is 0 Å². The minimum atomic E-state index is -0.916. The number of benzene rings is 1. The quantitative estimate of drug-likeness (QED) is 0.907. The number of rotatable bonds is 2. The van der Waals surface area contributed by atoms with Gasteiger partial charge in [-0.15, -0.1) is 0 Å². The Hall–Kier alpha value is 0.0144. The van der Waals surface area contributed by atoms with Gasteiger partial charge in [0.05, 0.1) is 5.56 Å². The van der Waals surface area contributed by atoms with Crippen LogP contribution in [0, 0.1) is 49.4 Å². The van der Waals surface area contributed by atoms with Crippen LogP contribution in [0.4, 0.5) is 0 Å². The molecule has 1 rings (SSSR count). The second kappa shape index (κ2) is 5.62. The monoisotopic (exact) mass is 301 g/mol. The molecule has 0 saturated carbocycles. The van der Waals surface area contributed by atoms with Gasteiger partial charge in [-0.2, -0.15) is 0 Å². The zero-order valence-electron chi connectivity index (χ0n) is 6.33. The molecule has 0 atom stereocenters. The normalized spacial score (nSPS) is 8.33. The van der Waals surface area contributed by atoms with Crippen molar-refractivity contribution in [2.45, 2.75) is 0 Å². The van der Waals surface area contributed by atoms with Crippen molar-refractivity contribution < 1.29 is 59.3 Å². The summed E-state index contributed by atoms with van der Waals surface area (Å²) in [4.78, 5) is 10.5. The van der Waals surface area contributed by atoms with Gasteiger partial charge in [0.2, 0.25) is 0 Å². The number of aromatic carboxylic acids is 1. The molecule has 0 amide bonds. The zero-order valence-corrected chi connectivity index (χ0v) is 8.75. The summed E-state index contributed by atoms with van der Waals surface area (Å²) in [5.41, 5.74) is 0.947. The summed E-state index contributed by atoms with van der Waals surface area (Å²) < 4.78 is 0. The molecule has 1 aromatic rings. The Kier molecular flexibility index (Phi) is 5.63. The summed E-state index contributed by atoms with van der Waals surface area (Å²) in [5.74, 6) is -0.916. The van der Waals surface area contributed by atoms with E-state index in [9.17, 15) is 4.79 Å². The van der Waals surface area contributed by atoms with Crippen LogP contribution in [0.5, 0.6) is 0 Å². The fraction of sp³-hybridized carbons (Fsp3) is 0. The summed E-state index contributed by atoms with van der Waals surface area (Å²) in [5, 5.41) is 8.65. The SMILES string of the molecule is C=Cc1ccccc1C(=O)O.[Eu]. The van der Waals surface area contributed by atoms with Gasteiger partial charge in [-0.3, -0.25) is 0 Å². The first kappa shape index (κ1) is 12.0. The van der Waals surface area contributed by atoms with E-state index < -0.39 is 5.97 Å². The number of carboxylic acids is 1. The average Bonchev–Trinajstić information content (AvgIpc) is 2.04. The molecule has 0 heterocycles. The minimum Gasteiger partial charge on any atom is -0.478 e. The van der Waals surface area contributed by atoms with Gasteiger partial charge in [0.25, 0.3) is 0 Å². The Morgan fingerprint density at radius 1 is 1.42 bits per heavy atom. The Bertz CT molecular complexity index is 294. The first-order valence-electron chi connectivity index (χ1n) is 3.20. The number of carbonyl (C=O) groups is 1. The second-order valence-corrected chi connectivity index (χ2v) is 2.10. The van der Waals surface area contributed by atoms with Crippen LogP contribution >= 0.6 is 0 Å². The molecular weight excluding hydrogens is 292 g/mol. The zero-order chi connectivity index (χ0) is 8.27. The molecule has 0 aliphatic heterocycles. The maximum absolute atomic E-state index is 10.5. The van der Waals surface area contributed by atoms with E-state index in [1.54, 1.807) is 24.3 Å². The molecule has 0 bridgehead atoms. The molecule has 1 N–H and O–H groups in total. The number of hydrogen-bond acceptors (Lipinski definition) is 1. The fourth-order valence-corrected chi connectivity index (χ4v) is 0.870. The summed E-state index contributed by atoms with van der Waals surface area (Å²) in [6.45, 7) is 3.51. The Morgan fingerprint density at radius 2 is 2.00 bits per heavy atom. The molecule has 0 unspecified atom stereocenters. The molecule has 63 valence electrons. The van der Waals surface area contributed by atoms with Gasteiger partial charge in [0.15, 0.2) is 0 Å². The van der Waals surface area contributed by atoms with Gasteiger partial charge in [-0.05, 0) is 11.6 Å². The van der Waals surface area contributed by atoms with Crippen molar-refractivity contribution >= 4 is 12.0 Å². The largest absolute Gasteiger partial charge is 0.478 e. The molecule has 0 saturated heterocycles.